The van der Waals surface area contributed by atoms with Gasteiger partial charge in [-0.2, -0.15) is 0 Å². The van der Waals surface area contributed by atoms with Gasteiger partial charge in [0.05, 0.1) is 31.2 Å². The summed E-state index contributed by atoms with van der Waals surface area (Å²) >= 11 is 0. The van der Waals surface area contributed by atoms with Gasteiger partial charge in [0.2, 0.25) is 15.9 Å². The number of carbonyl (C=O) groups is 2. The van der Waals surface area contributed by atoms with Gasteiger partial charge in [-0.25, -0.2) is 22.8 Å². The summed E-state index contributed by atoms with van der Waals surface area (Å²) in [5, 5.41) is 0. The number of imide groups is 1. The smallest absolute Gasteiger partial charge is 0.416 e. The molecule has 2 atom stereocenters. The normalized spacial score (nSPS) is 16.1. The van der Waals surface area contributed by atoms with Crippen LogP contribution < -0.4 is 14.2 Å². The molecule has 0 aliphatic carbocycles. The Morgan fingerprint density at radius 3 is 2.37 bits per heavy atom. The summed E-state index contributed by atoms with van der Waals surface area (Å²) in [6.45, 7) is 1.92. The number of hydrogen-bond donors (Lipinski definition) is 1. The van der Waals surface area contributed by atoms with Gasteiger partial charge in [-0.3, -0.25) is 4.79 Å². The average Bonchev–Trinajstić information content (AvgIpc) is 3.28. The van der Waals surface area contributed by atoms with E-state index in [1.54, 1.807) is 30.3 Å². The molecule has 9 nitrogen and oxygen atoms in total. The maximum absolute atomic E-state index is 13.5. The molecule has 3 aromatic rings. The highest BCUT2D eigenvalue weighted by Gasteiger charge is 2.39. The van der Waals surface area contributed by atoms with Gasteiger partial charge in [0.1, 0.15) is 6.61 Å². The van der Waals surface area contributed by atoms with E-state index in [0.29, 0.717) is 23.5 Å². The van der Waals surface area contributed by atoms with Crippen LogP contribution >= 0.6 is 0 Å². The second-order valence-corrected chi connectivity index (χ2v) is 10.7. The highest BCUT2D eigenvalue weighted by molar-refractivity contribution is 7.89. The Morgan fingerprint density at radius 2 is 1.71 bits per heavy atom. The van der Waals surface area contributed by atoms with Gasteiger partial charge in [0.15, 0.2) is 11.5 Å². The summed E-state index contributed by atoms with van der Waals surface area (Å²) in [5.74, 6) is 0.271. The number of carbonyl (C=O) groups excluding carboxylic acids is 2. The van der Waals surface area contributed by atoms with Crippen LogP contribution in [-0.4, -0.2) is 52.2 Å². The van der Waals surface area contributed by atoms with Crippen molar-refractivity contribution in [2.45, 2.75) is 36.7 Å². The maximum atomic E-state index is 13.5. The van der Waals surface area contributed by atoms with E-state index >= 15 is 0 Å². The molecule has 4 rings (SSSR count). The Hall–Kier alpha value is -3.89. The van der Waals surface area contributed by atoms with Crippen LogP contribution in [0.1, 0.15) is 29.2 Å². The monoisotopic (exact) mass is 538 g/mol. The first-order chi connectivity index (χ1) is 18.2. The van der Waals surface area contributed by atoms with E-state index in [4.69, 9.17) is 14.2 Å². The van der Waals surface area contributed by atoms with Crippen molar-refractivity contribution >= 4 is 22.0 Å². The summed E-state index contributed by atoms with van der Waals surface area (Å²) < 4.78 is 45.1. The third-order valence-corrected chi connectivity index (χ3v) is 7.85. The third-order valence-electron chi connectivity index (χ3n) is 6.36. The number of hydrogen-bond acceptors (Lipinski definition) is 7. The molecular formula is C28H30N2O7S. The molecule has 2 amide bonds. The number of rotatable bonds is 10. The number of ether oxygens (including phenoxy) is 3. The molecule has 0 bridgehead atoms. The summed E-state index contributed by atoms with van der Waals surface area (Å²) in [4.78, 5) is 27.2. The van der Waals surface area contributed by atoms with E-state index in [2.05, 4.69) is 4.72 Å². The van der Waals surface area contributed by atoms with Crippen LogP contribution in [0.5, 0.6) is 11.5 Å². The molecule has 10 heteroatoms. The number of nitrogens with one attached hydrogen (secondary N) is 1. The molecule has 1 aliphatic heterocycles. The predicted octanol–water partition coefficient (Wildman–Crippen LogP) is 4.01. The summed E-state index contributed by atoms with van der Waals surface area (Å²) in [6, 6.07) is 19.2. The van der Waals surface area contributed by atoms with Gasteiger partial charge in [-0.05, 0) is 48.7 Å². The van der Waals surface area contributed by atoms with Gasteiger partial charge in [0, 0.05) is 6.42 Å². The summed E-state index contributed by atoms with van der Waals surface area (Å²) in [6.07, 6.45) is -0.640. The Morgan fingerprint density at radius 1 is 1.03 bits per heavy atom. The number of sulfonamides is 1. The van der Waals surface area contributed by atoms with E-state index in [9.17, 15) is 18.0 Å². The molecule has 200 valence electrons. The number of methoxy groups -OCH3 is 2. The average molecular weight is 539 g/mol. The second-order valence-electron chi connectivity index (χ2n) is 8.99. The lowest BCUT2D eigenvalue weighted by Crippen LogP contribution is -2.42. The maximum Gasteiger partial charge on any atom is 0.416 e. The molecule has 3 aromatic carbocycles. The van der Waals surface area contributed by atoms with E-state index in [0.717, 1.165) is 16.0 Å². The zero-order valence-electron chi connectivity index (χ0n) is 21.4. The standard InChI is InChI=1S/C28H30N2O7S/c1-19-9-12-23(13-10-19)38(33,34)29-24(21-11-14-25(35-2)26(16-21)36-3)17-27(31)30-22(18-37-28(30)32)15-20-7-5-4-6-8-20/h4-14,16,22,24,29H,15,17-18H2,1-3H3/t22-,24-/m0/s1. The molecule has 0 saturated carbocycles. The predicted molar refractivity (Wildman–Crippen MR) is 141 cm³/mol. The van der Waals surface area contributed by atoms with Gasteiger partial charge in [-0.15, -0.1) is 0 Å². The largest absolute Gasteiger partial charge is 0.493 e. The van der Waals surface area contributed by atoms with Gasteiger partial charge >= 0.3 is 6.09 Å². The molecule has 1 saturated heterocycles. The Kier molecular flexibility index (Phi) is 8.33. The van der Waals surface area contributed by atoms with Crippen molar-refractivity contribution in [3.8, 4) is 11.5 Å². The van der Waals surface area contributed by atoms with Gasteiger partial charge in [0.25, 0.3) is 0 Å². The number of nitrogens with zero attached hydrogens (tertiary/aromatic N) is 1. The van der Waals surface area contributed by atoms with Crippen LogP contribution in [0.15, 0.2) is 77.7 Å². The second kappa shape index (κ2) is 11.7. The van der Waals surface area contributed by atoms with Crippen LogP contribution in [0.25, 0.3) is 0 Å². The lowest BCUT2D eigenvalue weighted by molar-refractivity contribution is -0.129. The quantitative estimate of drug-likeness (QED) is 0.415. The summed E-state index contributed by atoms with van der Waals surface area (Å²) in [7, 11) is -1.06. The lowest BCUT2D eigenvalue weighted by atomic mass is 10.0. The number of cyclic esters (lactones) is 1. The molecule has 0 unspecified atom stereocenters. The fourth-order valence-corrected chi connectivity index (χ4v) is 5.57. The highest BCUT2D eigenvalue weighted by Crippen LogP contribution is 2.32. The number of benzene rings is 3. The molecule has 1 heterocycles. The van der Waals surface area contributed by atoms with Gasteiger partial charge in [-0.1, -0.05) is 54.1 Å². The van der Waals surface area contributed by atoms with E-state index in [1.165, 1.54) is 26.4 Å². The minimum absolute atomic E-state index is 0.0589. The molecular weight excluding hydrogens is 508 g/mol. The van der Waals surface area contributed by atoms with Crippen LogP contribution in [-0.2, 0) is 26.0 Å². The van der Waals surface area contributed by atoms with Crippen molar-refractivity contribution in [1.29, 1.82) is 0 Å². The molecule has 1 aliphatic rings. The lowest BCUT2D eigenvalue weighted by Gasteiger charge is -2.24. The topological polar surface area (TPSA) is 111 Å². The zero-order valence-corrected chi connectivity index (χ0v) is 22.2. The van der Waals surface area contributed by atoms with Crippen LogP contribution in [0.2, 0.25) is 0 Å². The minimum atomic E-state index is -4.01. The number of amides is 2. The highest BCUT2D eigenvalue weighted by atomic mass is 32.2. The van der Waals surface area contributed by atoms with Crippen molar-refractivity contribution in [3.05, 3.63) is 89.5 Å². The third kappa shape index (κ3) is 6.15. The minimum Gasteiger partial charge on any atom is -0.493 e. The summed E-state index contributed by atoms with van der Waals surface area (Å²) in [5.41, 5.74) is 2.33. The van der Waals surface area contributed by atoms with E-state index < -0.39 is 34.1 Å². The Labute approximate surface area is 222 Å². The SMILES string of the molecule is COc1ccc([C@H](CC(=O)N2C(=O)OC[C@@H]2Cc2ccccc2)NS(=O)(=O)c2ccc(C)cc2)cc1OC. The molecule has 1 N–H and O–H groups in total. The fourth-order valence-electron chi connectivity index (χ4n) is 4.35. The molecule has 0 aromatic heterocycles. The first-order valence-corrected chi connectivity index (χ1v) is 13.5. The van der Waals surface area contributed by atoms with E-state index in [1.807, 2.05) is 37.3 Å². The van der Waals surface area contributed by atoms with Crippen LogP contribution in [0.3, 0.4) is 0 Å². The van der Waals surface area contributed by atoms with Crippen molar-refractivity contribution in [1.82, 2.24) is 9.62 Å². The molecule has 0 spiro atoms. The van der Waals surface area contributed by atoms with E-state index in [-0.39, 0.29) is 17.9 Å². The van der Waals surface area contributed by atoms with Crippen molar-refractivity contribution in [2.24, 2.45) is 0 Å². The van der Waals surface area contributed by atoms with Crippen molar-refractivity contribution in [2.75, 3.05) is 20.8 Å². The molecule has 0 radical (unpaired) electrons. The van der Waals surface area contributed by atoms with Crippen LogP contribution in [0.4, 0.5) is 4.79 Å². The Bertz CT molecular complexity index is 1390. The molecule has 1 fully saturated rings. The van der Waals surface area contributed by atoms with Gasteiger partial charge < -0.3 is 14.2 Å². The fraction of sp³-hybridized carbons (Fsp3) is 0.286. The van der Waals surface area contributed by atoms with Crippen LogP contribution in [0, 0.1) is 6.92 Å². The molecule has 38 heavy (non-hydrogen) atoms. The first-order valence-electron chi connectivity index (χ1n) is 12.1. The first kappa shape index (κ1) is 27.2. The zero-order chi connectivity index (χ0) is 27.3. The van der Waals surface area contributed by atoms with Crippen molar-refractivity contribution in [3.63, 3.8) is 0 Å². The van der Waals surface area contributed by atoms with Crippen molar-refractivity contribution < 1.29 is 32.2 Å². The Balaban J connectivity index is 1.64. The number of aryl methyl sites for hydroxylation is 1.